The van der Waals surface area contributed by atoms with E-state index in [9.17, 15) is 4.39 Å². The quantitative estimate of drug-likeness (QED) is 0.775. The van der Waals surface area contributed by atoms with E-state index < -0.39 is 0 Å². The Morgan fingerprint density at radius 3 is 2.94 bits per heavy atom. The van der Waals surface area contributed by atoms with Gasteiger partial charge in [-0.05, 0) is 12.1 Å². The zero-order valence-corrected chi connectivity index (χ0v) is 10.3. The molecule has 0 fully saturated rings. The highest BCUT2D eigenvalue weighted by Crippen LogP contribution is 2.30. The molecule has 0 atom stereocenters. The second kappa shape index (κ2) is 4.14. The minimum atomic E-state index is -0.268. The molecule has 0 amide bonds. The summed E-state index contributed by atoms with van der Waals surface area (Å²) in [6, 6.07) is 4.62. The largest absolute Gasteiger partial charge is 0.325 e. The first kappa shape index (κ1) is 10.8. The highest BCUT2D eigenvalue weighted by atomic mass is 32.1. The summed E-state index contributed by atoms with van der Waals surface area (Å²) in [6.07, 6.45) is 0. The molecule has 3 rings (SSSR count). The lowest BCUT2D eigenvalue weighted by atomic mass is 10.3. The van der Waals surface area contributed by atoms with Crippen LogP contribution in [0.25, 0.3) is 20.9 Å². The van der Waals surface area contributed by atoms with Crippen LogP contribution in [-0.2, 0) is 6.54 Å². The maximum atomic E-state index is 13.0. The van der Waals surface area contributed by atoms with Crippen LogP contribution < -0.4 is 5.73 Å². The fourth-order valence-corrected chi connectivity index (χ4v) is 3.15. The smallest absolute Gasteiger partial charge is 0.143 e. The van der Waals surface area contributed by atoms with Gasteiger partial charge < -0.3 is 5.73 Å². The van der Waals surface area contributed by atoms with E-state index in [0.29, 0.717) is 12.1 Å². The number of thiazole rings is 2. The average Bonchev–Trinajstić information content (AvgIpc) is 2.93. The monoisotopic (exact) mass is 265 g/mol. The molecular weight excluding hydrogens is 257 g/mol. The van der Waals surface area contributed by atoms with Crippen molar-refractivity contribution < 1.29 is 4.39 Å². The van der Waals surface area contributed by atoms with Crippen LogP contribution in [-0.4, -0.2) is 9.97 Å². The SMILES string of the molecule is NCc1nc(-c2nc3cc(F)ccc3s2)cs1. The Balaban J connectivity index is 2.11. The van der Waals surface area contributed by atoms with Gasteiger partial charge in [0, 0.05) is 18.0 Å². The fraction of sp³-hybridized carbons (Fsp3) is 0.0909. The lowest BCUT2D eigenvalue weighted by Crippen LogP contribution is -1.94. The number of rotatable bonds is 2. The maximum absolute atomic E-state index is 13.0. The summed E-state index contributed by atoms with van der Waals surface area (Å²) in [5.41, 5.74) is 7.01. The predicted molar refractivity (Wildman–Crippen MR) is 68.6 cm³/mol. The van der Waals surface area contributed by atoms with Crippen molar-refractivity contribution in [2.75, 3.05) is 0 Å². The first-order chi connectivity index (χ1) is 8.26. The second-order valence-electron chi connectivity index (χ2n) is 3.46. The van der Waals surface area contributed by atoms with E-state index >= 15 is 0 Å². The third-order valence-corrected chi connectivity index (χ3v) is 4.23. The summed E-state index contributed by atoms with van der Waals surface area (Å²) in [5, 5.41) is 3.61. The number of hydrogen-bond donors (Lipinski definition) is 1. The highest BCUT2D eigenvalue weighted by Gasteiger charge is 2.10. The summed E-state index contributed by atoms with van der Waals surface area (Å²) in [5.74, 6) is -0.268. The normalized spacial score (nSPS) is 11.2. The lowest BCUT2D eigenvalue weighted by molar-refractivity contribution is 0.629. The molecule has 0 spiro atoms. The van der Waals surface area contributed by atoms with Gasteiger partial charge in [0.1, 0.15) is 21.5 Å². The molecule has 0 bridgehead atoms. The molecule has 0 radical (unpaired) electrons. The molecule has 86 valence electrons. The minimum Gasteiger partial charge on any atom is -0.325 e. The van der Waals surface area contributed by atoms with Crippen LogP contribution in [0, 0.1) is 5.82 Å². The zero-order chi connectivity index (χ0) is 11.8. The first-order valence-electron chi connectivity index (χ1n) is 4.97. The van der Waals surface area contributed by atoms with Gasteiger partial charge in [-0.25, -0.2) is 14.4 Å². The van der Waals surface area contributed by atoms with Crippen LogP contribution >= 0.6 is 22.7 Å². The number of nitrogens with zero attached hydrogens (tertiary/aromatic N) is 2. The molecule has 0 aliphatic heterocycles. The molecule has 0 unspecified atom stereocenters. The van der Waals surface area contributed by atoms with Crippen molar-refractivity contribution in [3.05, 3.63) is 34.4 Å². The molecule has 1 aromatic carbocycles. The lowest BCUT2D eigenvalue weighted by Gasteiger charge is -1.86. The van der Waals surface area contributed by atoms with E-state index in [0.717, 1.165) is 20.4 Å². The molecule has 6 heteroatoms. The van der Waals surface area contributed by atoms with Crippen LogP contribution in [0.4, 0.5) is 4.39 Å². The Morgan fingerprint density at radius 2 is 2.18 bits per heavy atom. The maximum Gasteiger partial charge on any atom is 0.143 e. The average molecular weight is 265 g/mol. The molecule has 3 aromatic rings. The van der Waals surface area contributed by atoms with Gasteiger partial charge in [0.15, 0.2) is 0 Å². The Kier molecular flexibility index (Phi) is 2.62. The summed E-state index contributed by atoms with van der Waals surface area (Å²) >= 11 is 3.02. The van der Waals surface area contributed by atoms with Gasteiger partial charge in [-0.15, -0.1) is 22.7 Å². The van der Waals surface area contributed by atoms with Crippen LogP contribution in [0.5, 0.6) is 0 Å². The van der Waals surface area contributed by atoms with Gasteiger partial charge in [0.2, 0.25) is 0 Å². The van der Waals surface area contributed by atoms with Gasteiger partial charge in [-0.1, -0.05) is 0 Å². The fourth-order valence-electron chi connectivity index (χ4n) is 1.51. The van der Waals surface area contributed by atoms with E-state index in [1.54, 1.807) is 6.07 Å². The van der Waals surface area contributed by atoms with Crippen molar-refractivity contribution in [3.8, 4) is 10.7 Å². The van der Waals surface area contributed by atoms with Crippen LogP contribution in [0.3, 0.4) is 0 Å². The van der Waals surface area contributed by atoms with E-state index in [1.165, 1.54) is 34.8 Å². The summed E-state index contributed by atoms with van der Waals surface area (Å²) in [6.45, 7) is 0.435. The van der Waals surface area contributed by atoms with Crippen molar-refractivity contribution >= 4 is 32.9 Å². The topological polar surface area (TPSA) is 51.8 Å². The van der Waals surface area contributed by atoms with Crippen molar-refractivity contribution in [1.29, 1.82) is 0 Å². The molecule has 2 heterocycles. The van der Waals surface area contributed by atoms with Crippen molar-refractivity contribution in [2.24, 2.45) is 5.73 Å². The summed E-state index contributed by atoms with van der Waals surface area (Å²) < 4.78 is 14.0. The Hall–Kier alpha value is -1.37. The van der Waals surface area contributed by atoms with Crippen molar-refractivity contribution in [1.82, 2.24) is 9.97 Å². The molecular formula is C11H8FN3S2. The van der Waals surface area contributed by atoms with Crippen LogP contribution in [0.2, 0.25) is 0 Å². The minimum absolute atomic E-state index is 0.268. The molecule has 0 saturated carbocycles. The molecule has 17 heavy (non-hydrogen) atoms. The highest BCUT2D eigenvalue weighted by molar-refractivity contribution is 7.21. The van der Waals surface area contributed by atoms with Crippen molar-refractivity contribution in [2.45, 2.75) is 6.54 Å². The number of benzene rings is 1. The van der Waals surface area contributed by atoms with Gasteiger partial charge in [0.25, 0.3) is 0 Å². The standard InChI is InChI=1S/C11H8FN3S2/c12-6-1-2-9-7(3-6)15-11(17-9)8-5-16-10(4-13)14-8/h1-3,5H,4,13H2. The number of aromatic nitrogens is 2. The molecule has 3 nitrogen and oxygen atoms in total. The Labute approximate surface area is 105 Å². The Morgan fingerprint density at radius 1 is 1.29 bits per heavy atom. The van der Waals surface area contributed by atoms with E-state index in [-0.39, 0.29) is 5.82 Å². The van der Waals surface area contributed by atoms with E-state index in [2.05, 4.69) is 9.97 Å². The number of fused-ring (bicyclic) bond motifs is 1. The molecule has 2 N–H and O–H groups in total. The van der Waals surface area contributed by atoms with E-state index in [1.807, 2.05) is 5.38 Å². The second-order valence-corrected chi connectivity index (χ2v) is 5.43. The Bertz CT molecular complexity index is 674. The first-order valence-corrected chi connectivity index (χ1v) is 6.67. The number of nitrogens with two attached hydrogens (primary N) is 1. The number of halogens is 1. The summed E-state index contributed by atoms with van der Waals surface area (Å²) in [7, 11) is 0. The number of hydrogen-bond acceptors (Lipinski definition) is 5. The summed E-state index contributed by atoms with van der Waals surface area (Å²) in [4.78, 5) is 8.74. The zero-order valence-electron chi connectivity index (χ0n) is 8.68. The molecule has 2 aromatic heterocycles. The van der Waals surface area contributed by atoms with E-state index in [4.69, 9.17) is 5.73 Å². The van der Waals surface area contributed by atoms with Gasteiger partial charge in [0.05, 0.1) is 10.2 Å². The van der Waals surface area contributed by atoms with Crippen molar-refractivity contribution in [3.63, 3.8) is 0 Å². The van der Waals surface area contributed by atoms with Crippen LogP contribution in [0.15, 0.2) is 23.6 Å². The third kappa shape index (κ3) is 1.95. The third-order valence-electron chi connectivity index (χ3n) is 2.30. The van der Waals surface area contributed by atoms with Gasteiger partial charge >= 0.3 is 0 Å². The predicted octanol–water partition coefficient (Wildman–Crippen LogP) is 3.02. The van der Waals surface area contributed by atoms with Gasteiger partial charge in [-0.2, -0.15) is 0 Å². The molecule has 0 aliphatic rings. The molecule has 0 saturated heterocycles. The van der Waals surface area contributed by atoms with Gasteiger partial charge in [-0.3, -0.25) is 0 Å². The molecule has 0 aliphatic carbocycles. The van der Waals surface area contributed by atoms with Crippen LogP contribution in [0.1, 0.15) is 5.01 Å².